The average molecular weight is 321 g/mol. The second kappa shape index (κ2) is 8.22. The van der Waals surface area contributed by atoms with Crippen molar-refractivity contribution < 1.29 is 9.59 Å². The van der Waals surface area contributed by atoms with Crippen LogP contribution in [0.5, 0.6) is 0 Å². The first-order valence-corrected chi connectivity index (χ1v) is 8.82. The fraction of sp³-hybridized carbons (Fsp3) is 0.375. The maximum absolute atomic E-state index is 12.0. The molecule has 21 heavy (non-hydrogen) atoms. The number of carbonyl (C=O) groups is 2. The van der Waals surface area contributed by atoms with E-state index in [2.05, 4.69) is 11.8 Å². The molecule has 0 radical (unpaired) electrons. The van der Waals surface area contributed by atoms with Crippen LogP contribution in [0.1, 0.15) is 39.1 Å². The smallest absolute Gasteiger partial charge is 0.174 e. The van der Waals surface area contributed by atoms with Gasteiger partial charge in [0.2, 0.25) is 0 Å². The van der Waals surface area contributed by atoms with Crippen molar-refractivity contribution in [3.63, 3.8) is 0 Å². The van der Waals surface area contributed by atoms with Gasteiger partial charge in [0, 0.05) is 25.9 Å². The van der Waals surface area contributed by atoms with E-state index in [0.29, 0.717) is 25.9 Å². The van der Waals surface area contributed by atoms with Gasteiger partial charge in [0.05, 0.1) is 9.75 Å². The molecule has 0 fully saturated rings. The van der Waals surface area contributed by atoms with Crippen LogP contribution in [0.25, 0.3) is 0 Å². The maximum atomic E-state index is 12.0. The van der Waals surface area contributed by atoms with E-state index in [1.54, 1.807) is 0 Å². The maximum Gasteiger partial charge on any atom is 0.174 e. The number of rotatable bonds is 9. The lowest BCUT2D eigenvalue weighted by atomic mass is 10.2. The van der Waals surface area contributed by atoms with Gasteiger partial charge in [-0.3, -0.25) is 9.59 Å². The van der Waals surface area contributed by atoms with E-state index in [-0.39, 0.29) is 11.6 Å². The molecule has 0 unspecified atom stereocenters. The zero-order valence-electron chi connectivity index (χ0n) is 12.1. The molecule has 0 spiro atoms. The molecule has 0 saturated heterocycles. The van der Waals surface area contributed by atoms with Crippen LogP contribution in [0.3, 0.4) is 0 Å². The van der Waals surface area contributed by atoms with Gasteiger partial charge in [-0.2, -0.15) is 0 Å². The van der Waals surface area contributed by atoms with Crippen molar-refractivity contribution in [1.29, 1.82) is 0 Å². The number of Topliss-reactive ketones (excluding diaryl/α,β-unsaturated/α-hetero) is 2. The van der Waals surface area contributed by atoms with Gasteiger partial charge in [-0.05, 0) is 29.4 Å². The Hall–Kier alpha value is -1.30. The minimum Gasteiger partial charge on any atom is -0.303 e. The highest BCUT2D eigenvalue weighted by Gasteiger charge is 2.12. The number of hydrogen-bond acceptors (Lipinski definition) is 5. The Morgan fingerprint density at radius 2 is 1.43 bits per heavy atom. The fourth-order valence-corrected chi connectivity index (χ4v) is 3.46. The number of thiophene rings is 2. The highest BCUT2D eigenvalue weighted by atomic mass is 32.1. The summed E-state index contributed by atoms with van der Waals surface area (Å²) in [6.45, 7) is 4.34. The molecule has 112 valence electrons. The van der Waals surface area contributed by atoms with Gasteiger partial charge in [0.15, 0.2) is 11.6 Å². The predicted molar refractivity (Wildman–Crippen MR) is 88.6 cm³/mol. The second-order valence-corrected chi connectivity index (χ2v) is 6.63. The topological polar surface area (TPSA) is 37.4 Å². The lowest BCUT2D eigenvalue weighted by Crippen LogP contribution is -2.28. The van der Waals surface area contributed by atoms with Crippen molar-refractivity contribution in [3.8, 4) is 0 Å². The molecule has 2 rings (SSSR count). The minimum absolute atomic E-state index is 0.188. The Labute approximate surface area is 133 Å². The van der Waals surface area contributed by atoms with Crippen LogP contribution in [0, 0.1) is 0 Å². The van der Waals surface area contributed by atoms with Gasteiger partial charge in [-0.25, -0.2) is 0 Å². The van der Waals surface area contributed by atoms with Gasteiger partial charge < -0.3 is 4.90 Å². The number of hydrogen-bond donors (Lipinski definition) is 0. The molecular formula is C16H19NO2S2. The van der Waals surface area contributed by atoms with Crippen molar-refractivity contribution >= 4 is 34.2 Å². The molecule has 0 saturated carbocycles. The molecule has 0 bridgehead atoms. The Balaban J connectivity index is 1.75. The SMILES string of the molecule is CCN(CCC(=O)c1cccs1)CCC(=O)c1cccs1. The highest BCUT2D eigenvalue weighted by molar-refractivity contribution is 7.12. The van der Waals surface area contributed by atoms with Crippen LogP contribution in [0.4, 0.5) is 0 Å². The van der Waals surface area contributed by atoms with Crippen molar-refractivity contribution in [2.24, 2.45) is 0 Å². The normalized spacial score (nSPS) is 11.0. The van der Waals surface area contributed by atoms with E-state index in [9.17, 15) is 9.59 Å². The van der Waals surface area contributed by atoms with Crippen LogP contribution >= 0.6 is 22.7 Å². The van der Waals surface area contributed by atoms with E-state index < -0.39 is 0 Å². The minimum atomic E-state index is 0.188. The quantitative estimate of drug-likeness (QED) is 0.656. The molecule has 0 aliphatic carbocycles. The highest BCUT2D eigenvalue weighted by Crippen LogP contribution is 2.13. The summed E-state index contributed by atoms with van der Waals surface area (Å²) in [5, 5.41) is 3.84. The number of ketones is 2. The lowest BCUT2D eigenvalue weighted by Gasteiger charge is -2.19. The summed E-state index contributed by atoms with van der Waals surface area (Å²) >= 11 is 2.97. The van der Waals surface area contributed by atoms with Crippen LogP contribution in [-0.2, 0) is 0 Å². The van der Waals surface area contributed by atoms with Crippen LogP contribution in [0.2, 0.25) is 0 Å². The third-order valence-corrected chi connectivity index (χ3v) is 5.17. The van der Waals surface area contributed by atoms with Gasteiger partial charge in [-0.15, -0.1) is 22.7 Å². The van der Waals surface area contributed by atoms with Crippen LogP contribution in [0.15, 0.2) is 35.0 Å². The molecule has 0 aliphatic rings. The first-order valence-electron chi connectivity index (χ1n) is 7.06. The monoisotopic (exact) mass is 321 g/mol. The molecule has 0 aromatic carbocycles. The molecule has 3 nitrogen and oxygen atoms in total. The molecule has 2 aromatic heterocycles. The Kier molecular flexibility index (Phi) is 6.29. The summed E-state index contributed by atoms with van der Waals surface area (Å²) < 4.78 is 0. The third kappa shape index (κ3) is 4.88. The standard InChI is InChI=1S/C16H19NO2S2/c1-2-17(9-7-13(18)15-5-3-11-20-15)10-8-14(19)16-6-4-12-21-16/h3-6,11-12H,2,7-10H2,1H3. The summed E-state index contributed by atoms with van der Waals surface area (Å²) in [6, 6.07) is 7.53. The Morgan fingerprint density at radius 3 is 1.76 bits per heavy atom. The molecule has 5 heteroatoms. The molecular weight excluding hydrogens is 302 g/mol. The summed E-state index contributed by atoms with van der Waals surface area (Å²) in [6.07, 6.45) is 1.03. The largest absolute Gasteiger partial charge is 0.303 e. The van der Waals surface area contributed by atoms with Gasteiger partial charge >= 0.3 is 0 Å². The third-order valence-electron chi connectivity index (χ3n) is 3.35. The Morgan fingerprint density at radius 1 is 0.952 bits per heavy atom. The fourth-order valence-electron chi connectivity index (χ4n) is 2.07. The summed E-state index contributed by atoms with van der Waals surface area (Å²) in [5.41, 5.74) is 0. The van der Waals surface area contributed by atoms with Crippen molar-refractivity contribution in [1.82, 2.24) is 4.90 Å². The van der Waals surface area contributed by atoms with Crippen molar-refractivity contribution in [3.05, 3.63) is 44.8 Å². The van der Waals surface area contributed by atoms with E-state index >= 15 is 0 Å². The summed E-state index contributed by atoms with van der Waals surface area (Å²) in [4.78, 5) is 27.7. The predicted octanol–water partition coefficient (Wildman–Crippen LogP) is 3.98. The molecule has 0 N–H and O–H groups in total. The Bertz CT molecular complexity index is 511. The molecule has 0 atom stereocenters. The van der Waals surface area contributed by atoms with E-state index in [0.717, 1.165) is 16.3 Å². The van der Waals surface area contributed by atoms with Gasteiger partial charge in [0.25, 0.3) is 0 Å². The van der Waals surface area contributed by atoms with Crippen LogP contribution < -0.4 is 0 Å². The summed E-state index contributed by atoms with van der Waals surface area (Å²) in [5.74, 6) is 0.376. The van der Waals surface area contributed by atoms with Gasteiger partial charge in [-0.1, -0.05) is 19.1 Å². The first kappa shape index (κ1) is 16.1. The van der Waals surface area contributed by atoms with Crippen LogP contribution in [-0.4, -0.2) is 36.1 Å². The number of carbonyl (C=O) groups excluding carboxylic acids is 2. The molecule has 2 aromatic rings. The van der Waals surface area contributed by atoms with E-state index in [1.807, 2.05) is 35.0 Å². The van der Waals surface area contributed by atoms with E-state index in [4.69, 9.17) is 0 Å². The molecule has 0 amide bonds. The number of nitrogens with zero attached hydrogens (tertiary/aromatic N) is 1. The second-order valence-electron chi connectivity index (χ2n) is 4.74. The first-order chi connectivity index (χ1) is 10.2. The zero-order chi connectivity index (χ0) is 15.1. The zero-order valence-corrected chi connectivity index (χ0v) is 13.7. The summed E-state index contributed by atoms with van der Waals surface area (Å²) in [7, 11) is 0. The van der Waals surface area contributed by atoms with Crippen molar-refractivity contribution in [2.75, 3.05) is 19.6 Å². The van der Waals surface area contributed by atoms with Gasteiger partial charge in [0.1, 0.15) is 0 Å². The van der Waals surface area contributed by atoms with Crippen molar-refractivity contribution in [2.45, 2.75) is 19.8 Å². The lowest BCUT2D eigenvalue weighted by molar-refractivity contribution is 0.0953. The molecule has 0 aliphatic heterocycles. The van der Waals surface area contributed by atoms with E-state index in [1.165, 1.54) is 22.7 Å². The molecule has 2 heterocycles. The average Bonchev–Trinajstić information content (AvgIpc) is 3.19.